The normalized spacial score (nSPS) is 29.1. The van der Waals surface area contributed by atoms with Gasteiger partial charge in [-0.05, 0) is 25.2 Å². The second kappa shape index (κ2) is 4.96. The van der Waals surface area contributed by atoms with Crippen molar-refractivity contribution >= 4 is 5.91 Å². The van der Waals surface area contributed by atoms with Gasteiger partial charge >= 0.3 is 0 Å². The summed E-state index contributed by atoms with van der Waals surface area (Å²) in [5.41, 5.74) is 0. The highest BCUT2D eigenvalue weighted by Crippen LogP contribution is 2.09. The molecular weight excluding hydrogens is 150 g/mol. The second-order valence-electron chi connectivity index (χ2n) is 3.51. The molecule has 1 amide bonds. The molecule has 0 aromatic heterocycles. The van der Waals surface area contributed by atoms with Crippen molar-refractivity contribution in [3.63, 3.8) is 0 Å². The quantitative estimate of drug-likeness (QED) is 0.548. The van der Waals surface area contributed by atoms with E-state index in [1.165, 1.54) is 0 Å². The van der Waals surface area contributed by atoms with Crippen LogP contribution in [0.3, 0.4) is 0 Å². The molecule has 0 fully saturated rings. The van der Waals surface area contributed by atoms with Crippen LogP contribution in [0.15, 0.2) is 12.2 Å². The lowest BCUT2D eigenvalue weighted by Crippen LogP contribution is -2.26. The average Bonchev–Trinajstić information content (AvgIpc) is 2.02. The Morgan fingerprint density at radius 1 is 1.50 bits per heavy atom. The van der Waals surface area contributed by atoms with E-state index in [4.69, 9.17) is 0 Å². The molecule has 2 heteroatoms. The first-order valence-electron chi connectivity index (χ1n) is 4.70. The number of carbonyl (C=O) groups excluding carboxylic acids is 1. The molecule has 0 spiro atoms. The summed E-state index contributed by atoms with van der Waals surface area (Å²) in [5, 5.41) is 2.91. The lowest BCUT2D eigenvalue weighted by molar-refractivity contribution is -0.121. The number of hydrogen-bond acceptors (Lipinski definition) is 1. The van der Waals surface area contributed by atoms with Crippen LogP contribution in [-0.2, 0) is 4.79 Å². The van der Waals surface area contributed by atoms with Gasteiger partial charge in [0.1, 0.15) is 0 Å². The van der Waals surface area contributed by atoms with Crippen LogP contribution in [0.5, 0.6) is 0 Å². The molecule has 1 aliphatic rings. The van der Waals surface area contributed by atoms with Crippen molar-refractivity contribution in [2.45, 2.75) is 32.6 Å². The van der Waals surface area contributed by atoms with E-state index in [0.717, 1.165) is 25.8 Å². The van der Waals surface area contributed by atoms with E-state index in [-0.39, 0.29) is 5.91 Å². The summed E-state index contributed by atoms with van der Waals surface area (Å²) in [4.78, 5) is 11.2. The van der Waals surface area contributed by atoms with E-state index in [2.05, 4.69) is 24.4 Å². The van der Waals surface area contributed by atoms with Gasteiger partial charge in [0.15, 0.2) is 0 Å². The summed E-state index contributed by atoms with van der Waals surface area (Å²) in [6.45, 7) is 2.95. The van der Waals surface area contributed by atoms with Gasteiger partial charge in [-0.1, -0.05) is 19.1 Å². The molecule has 1 atom stereocenters. The van der Waals surface area contributed by atoms with Gasteiger partial charge in [-0.3, -0.25) is 4.79 Å². The number of nitrogens with one attached hydrogen (secondary N) is 1. The largest absolute Gasteiger partial charge is 0.356 e. The maximum atomic E-state index is 11.2. The first-order valence-corrected chi connectivity index (χ1v) is 4.70. The van der Waals surface area contributed by atoms with Gasteiger partial charge in [-0.25, -0.2) is 0 Å². The van der Waals surface area contributed by atoms with Crippen molar-refractivity contribution < 1.29 is 4.79 Å². The molecule has 1 aliphatic heterocycles. The number of amides is 1. The van der Waals surface area contributed by atoms with Crippen molar-refractivity contribution in [3.05, 3.63) is 12.2 Å². The van der Waals surface area contributed by atoms with Crippen LogP contribution in [0, 0.1) is 5.92 Å². The molecule has 0 bridgehead atoms. The Morgan fingerprint density at radius 3 is 3.17 bits per heavy atom. The van der Waals surface area contributed by atoms with E-state index >= 15 is 0 Å². The van der Waals surface area contributed by atoms with Gasteiger partial charge in [0.25, 0.3) is 0 Å². The maximum absolute atomic E-state index is 11.2. The van der Waals surface area contributed by atoms with E-state index < -0.39 is 0 Å². The molecule has 0 radical (unpaired) electrons. The van der Waals surface area contributed by atoms with Crippen LogP contribution in [0.2, 0.25) is 0 Å². The second-order valence-corrected chi connectivity index (χ2v) is 3.51. The van der Waals surface area contributed by atoms with Crippen molar-refractivity contribution in [2.24, 2.45) is 5.92 Å². The van der Waals surface area contributed by atoms with Crippen molar-refractivity contribution in [1.29, 1.82) is 0 Å². The lowest BCUT2D eigenvalue weighted by atomic mass is 10.0. The Bertz CT molecular complexity index is 175. The maximum Gasteiger partial charge on any atom is 0.220 e. The minimum atomic E-state index is 0.206. The highest BCUT2D eigenvalue weighted by Gasteiger charge is 2.07. The zero-order chi connectivity index (χ0) is 8.81. The Labute approximate surface area is 74.0 Å². The van der Waals surface area contributed by atoms with E-state index in [1.807, 2.05) is 0 Å². The number of allylic oxidation sites excluding steroid dienone is 2. The van der Waals surface area contributed by atoms with Gasteiger partial charge in [0.2, 0.25) is 5.91 Å². The average molecular weight is 167 g/mol. The molecule has 1 N–H and O–H groups in total. The van der Waals surface area contributed by atoms with Crippen LogP contribution in [0.1, 0.15) is 32.6 Å². The number of carbonyl (C=O) groups is 1. The van der Waals surface area contributed by atoms with Crippen molar-refractivity contribution in [3.8, 4) is 0 Å². The van der Waals surface area contributed by atoms with Gasteiger partial charge in [-0.15, -0.1) is 0 Å². The van der Waals surface area contributed by atoms with Gasteiger partial charge in [0.05, 0.1) is 0 Å². The van der Waals surface area contributed by atoms with E-state index in [0.29, 0.717) is 12.3 Å². The Hall–Kier alpha value is -0.790. The monoisotopic (exact) mass is 167 g/mol. The first kappa shape index (κ1) is 9.30. The number of hydrogen-bond donors (Lipinski definition) is 1. The molecule has 68 valence electrons. The molecule has 1 rings (SSSR count). The highest BCUT2D eigenvalue weighted by molar-refractivity contribution is 5.76. The fraction of sp³-hybridized carbons (Fsp3) is 0.700. The zero-order valence-electron chi connectivity index (χ0n) is 7.68. The van der Waals surface area contributed by atoms with Crippen LogP contribution in [-0.4, -0.2) is 12.5 Å². The third kappa shape index (κ3) is 3.56. The molecule has 0 aromatic carbocycles. The predicted octanol–water partition coefficient (Wildman–Crippen LogP) is 1.87. The van der Waals surface area contributed by atoms with Gasteiger partial charge < -0.3 is 5.32 Å². The minimum Gasteiger partial charge on any atom is -0.356 e. The summed E-state index contributed by atoms with van der Waals surface area (Å²) < 4.78 is 0. The van der Waals surface area contributed by atoms with Crippen LogP contribution in [0.4, 0.5) is 0 Å². The van der Waals surface area contributed by atoms with Crippen molar-refractivity contribution in [2.75, 3.05) is 6.54 Å². The minimum absolute atomic E-state index is 0.206. The standard InChI is InChI=1S/C10H17NO/c1-9-6-4-2-3-5-7-11-10(12)8-9/h2,4,9H,3,5-8H2,1H3,(H,11,12)/b4-2-. The third-order valence-corrected chi connectivity index (χ3v) is 2.11. The molecule has 1 heterocycles. The summed E-state index contributed by atoms with van der Waals surface area (Å²) >= 11 is 0. The summed E-state index contributed by atoms with van der Waals surface area (Å²) in [7, 11) is 0. The Balaban J connectivity index is 2.41. The SMILES string of the molecule is CC1C/C=C\CCCNC(=O)C1. The predicted molar refractivity (Wildman–Crippen MR) is 49.8 cm³/mol. The highest BCUT2D eigenvalue weighted by atomic mass is 16.1. The van der Waals surface area contributed by atoms with Crippen LogP contribution < -0.4 is 5.32 Å². The Morgan fingerprint density at radius 2 is 2.33 bits per heavy atom. The molecule has 0 saturated heterocycles. The van der Waals surface area contributed by atoms with E-state index in [1.54, 1.807) is 0 Å². The lowest BCUT2D eigenvalue weighted by Gasteiger charge is -2.10. The molecular formula is C10H17NO. The summed E-state index contributed by atoms with van der Waals surface area (Å²) in [6.07, 6.45) is 8.28. The molecule has 12 heavy (non-hydrogen) atoms. The topological polar surface area (TPSA) is 29.1 Å². The number of rotatable bonds is 0. The van der Waals surface area contributed by atoms with Gasteiger partial charge in [-0.2, -0.15) is 0 Å². The Kier molecular flexibility index (Phi) is 3.85. The van der Waals surface area contributed by atoms with Crippen LogP contribution in [0.25, 0.3) is 0 Å². The summed E-state index contributed by atoms with van der Waals surface area (Å²) in [6, 6.07) is 0. The molecule has 0 aliphatic carbocycles. The molecule has 1 unspecified atom stereocenters. The molecule has 2 nitrogen and oxygen atoms in total. The third-order valence-electron chi connectivity index (χ3n) is 2.11. The summed E-state index contributed by atoms with van der Waals surface area (Å²) in [5.74, 6) is 0.692. The first-order chi connectivity index (χ1) is 5.79. The zero-order valence-corrected chi connectivity index (χ0v) is 7.68. The molecule has 0 saturated carbocycles. The van der Waals surface area contributed by atoms with Crippen LogP contribution >= 0.6 is 0 Å². The van der Waals surface area contributed by atoms with Crippen molar-refractivity contribution in [1.82, 2.24) is 5.32 Å². The molecule has 0 aromatic rings. The fourth-order valence-corrected chi connectivity index (χ4v) is 1.37. The smallest absolute Gasteiger partial charge is 0.220 e. The van der Waals surface area contributed by atoms with Gasteiger partial charge in [0, 0.05) is 13.0 Å². The van der Waals surface area contributed by atoms with E-state index in [9.17, 15) is 4.79 Å². The fourth-order valence-electron chi connectivity index (χ4n) is 1.37.